The summed E-state index contributed by atoms with van der Waals surface area (Å²) in [6.07, 6.45) is 0.935. The molecular weight excluding hydrogens is 300 g/mol. The minimum atomic E-state index is -0.362. The Kier molecular flexibility index (Phi) is 5.92. The van der Waals surface area contributed by atoms with Crippen molar-refractivity contribution in [1.29, 1.82) is 0 Å². The fourth-order valence-corrected chi connectivity index (χ4v) is 2.79. The second-order valence-corrected chi connectivity index (χ2v) is 5.49. The smallest absolute Gasteiger partial charge is 0.306 e. The molecule has 0 spiro atoms. The summed E-state index contributed by atoms with van der Waals surface area (Å²) < 4.78 is 10.00. The Labute approximate surface area is 135 Å². The lowest BCUT2D eigenvalue weighted by atomic mass is 9.92. The Morgan fingerprint density at radius 1 is 1.43 bits per heavy atom. The van der Waals surface area contributed by atoms with E-state index in [1.54, 1.807) is 12.1 Å². The van der Waals surface area contributed by atoms with E-state index in [4.69, 9.17) is 9.47 Å². The van der Waals surface area contributed by atoms with E-state index in [2.05, 4.69) is 0 Å². The zero-order chi connectivity index (χ0) is 16.8. The van der Waals surface area contributed by atoms with Gasteiger partial charge in [0.25, 0.3) is 5.69 Å². The van der Waals surface area contributed by atoms with Crippen LogP contribution in [0.4, 0.5) is 11.4 Å². The number of carbonyl (C=O) groups excluding carboxylic acids is 1. The molecule has 0 amide bonds. The largest absolute Gasteiger partial charge is 0.469 e. The van der Waals surface area contributed by atoms with Gasteiger partial charge in [0.15, 0.2) is 0 Å². The number of nitro benzene ring substituents is 1. The van der Waals surface area contributed by atoms with Crippen LogP contribution in [0.25, 0.3) is 0 Å². The molecule has 0 aliphatic carbocycles. The summed E-state index contributed by atoms with van der Waals surface area (Å²) in [7, 11) is 1.35. The zero-order valence-electron chi connectivity index (χ0n) is 13.5. The maximum atomic E-state index is 11.5. The first-order valence-corrected chi connectivity index (χ1v) is 7.74. The molecule has 1 aliphatic rings. The van der Waals surface area contributed by atoms with E-state index in [1.807, 2.05) is 17.9 Å². The van der Waals surface area contributed by atoms with Crippen molar-refractivity contribution < 1.29 is 19.2 Å². The number of ether oxygens (including phenoxy) is 2. The topological polar surface area (TPSA) is 81.9 Å². The van der Waals surface area contributed by atoms with E-state index in [0.717, 1.165) is 5.56 Å². The van der Waals surface area contributed by atoms with Gasteiger partial charge in [0.2, 0.25) is 0 Å². The Morgan fingerprint density at radius 3 is 2.70 bits per heavy atom. The third-order valence-electron chi connectivity index (χ3n) is 4.15. The summed E-state index contributed by atoms with van der Waals surface area (Å²) in [5.41, 5.74) is 1.48. The molecule has 126 valence electrons. The molecule has 0 N–H and O–H groups in total. The molecule has 0 saturated carbocycles. The maximum absolute atomic E-state index is 11.5. The lowest BCUT2D eigenvalue weighted by Gasteiger charge is -2.28. The highest BCUT2D eigenvalue weighted by Crippen LogP contribution is 2.34. The number of benzene rings is 1. The summed E-state index contributed by atoms with van der Waals surface area (Å²) in [6, 6.07) is 5.23. The highest BCUT2D eigenvalue weighted by molar-refractivity contribution is 5.71. The number of morpholine rings is 1. The van der Waals surface area contributed by atoms with Crippen molar-refractivity contribution in [1.82, 2.24) is 0 Å². The normalized spacial score (nSPS) is 16.0. The van der Waals surface area contributed by atoms with Crippen molar-refractivity contribution >= 4 is 17.3 Å². The number of anilines is 1. The molecule has 1 aliphatic heterocycles. The molecule has 1 aromatic carbocycles. The monoisotopic (exact) mass is 322 g/mol. The summed E-state index contributed by atoms with van der Waals surface area (Å²) in [5.74, 6) is -0.392. The van der Waals surface area contributed by atoms with E-state index in [-0.39, 0.29) is 28.9 Å². The van der Waals surface area contributed by atoms with Crippen molar-refractivity contribution in [3.05, 3.63) is 33.9 Å². The number of methoxy groups -OCH3 is 1. The third kappa shape index (κ3) is 4.19. The summed E-state index contributed by atoms with van der Waals surface area (Å²) in [6.45, 7) is 4.37. The molecule has 23 heavy (non-hydrogen) atoms. The van der Waals surface area contributed by atoms with Gasteiger partial charge in [-0.1, -0.05) is 13.0 Å². The molecule has 0 radical (unpaired) electrons. The number of esters is 1. The summed E-state index contributed by atoms with van der Waals surface area (Å²) in [4.78, 5) is 24.6. The Bertz CT molecular complexity index is 570. The standard InChI is InChI=1S/C16H22N2O5/c1-3-12(11-16(19)22-2)13-4-5-14(15(10-13)18(20)21)17-6-8-23-9-7-17/h4-5,10,12H,3,6-9,11H2,1-2H3. The Hall–Kier alpha value is -2.15. The van der Waals surface area contributed by atoms with Crippen molar-refractivity contribution in [2.45, 2.75) is 25.7 Å². The number of nitro groups is 1. The zero-order valence-corrected chi connectivity index (χ0v) is 13.5. The second kappa shape index (κ2) is 7.92. The predicted octanol–water partition coefficient (Wildman–Crippen LogP) is 2.49. The lowest BCUT2D eigenvalue weighted by molar-refractivity contribution is -0.384. The van der Waals surface area contributed by atoms with E-state index in [0.29, 0.717) is 38.4 Å². The van der Waals surface area contributed by atoms with Gasteiger partial charge >= 0.3 is 5.97 Å². The van der Waals surface area contributed by atoms with Crippen LogP contribution in [0.2, 0.25) is 0 Å². The van der Waals surface area contributed by atoms with Crippen molar-refractivity contribution in [3.63, 3.8) is 0 Å². The highest BCUT2D eigenvalue weighted by Gasteiger charge is 2.24. The van der Waals surface area contributed by atoms with E-state index < -0.39 is 0 Å². The average Bonchev–Trinajstić information content (AvgIpc) is 2.59. The van der Waals surface area contributed by atoms with Gasteiger partial charge in [0, 0.05) is 19.2 Å². The molecular formula is C16H22N2O5. The molecule has 1 aromatic rings. The fraction of sp³-hybridized carbons (Fsp3) is 0.562. The molecule has 1 atom stereocenters. The maximum Gasteiger partial charge on any atom is 0.306 e. The lowest BCUT2D eigenvalue weighted by Crippen LogP contribution is -2.36. The first-order valence-electron chi connectivity index (χ1n) is 7.74. The van der Waals surface area contributed by atoms with Crippen LogP contribution >= 0.6 is 0 Å². The van der Waals surface area contributed by atoms with Gasteiger partial charge in [0.1, 0.15) is 5.69 Å². The molecule has 0 bridgehead atoms. The fourth-order valence-electron chi connectivity index (χ4n) is 2.79. The third-order valence-corrected chi connectivity index (χ3v) is 4.15. The van der Waals surface area contributed by atoms with Crippen LogP contribution < -0.4 is 4.90 Å². The van der Waals surface area contributed by atoms with Gasteiger partial charge in [-0.3, -0.25) is 14.9 Å². The van der Waals surface area contributed by atoms with Crippen molar-refractivity contribution in [2.75, 3.05) is 38.3 Å². The van der Waals surface area contributed by atoms with Gasteiger partial charge in [-0.05, 0) is 24.0 Å². The van der Waals surface area contributed by atoms with Crippen LogP contribution in [0.1, 0.15) is 31.2 Å². The van der Waals surface area contributed by atoms with Crippen LogP contribution in [0.15, 0.2) is 18.2 Å². The molecule has 1 heterocycles. The van der Waals surface area contributed by atoms with Crippen LogP contribution in [-0.2, 0) is 14.3 Å². The molecule has 7 nitrogen and oxygen atoms in total. The van der Waals surface area contributed by atoms with Crippen LogP contribution in [0, 0.1) is 10.1 Å². The predicted molar refractivity (Wildman–Crippen MR) is 85.8 cm³/mol. The number of hydrogen-bond donors (Lipinski definition) is 0. The number of carbonyl (C=O) groups is 1. The van der Waals surface area contributed by atoms with Crippen LogP contribution in [0.5, 0.6) is 0 Å². The summed E-state index contributed by atoms with van der Waals surface area (Å²) >= 11 is 0. The van der Waals surface area contributed by atoms with Crippen LogP contribution in [0.3, 0.4) is 0 Å². The highest BCUT2D eigenvalue weighted by atomic mass is 16.6. The minimum absolute atomic E-state index is 0.0766. The summed E-state index contributed by atoms with van der Waals surface area (Å²) in [5, 5.41) is 11.5. The molecule has 1 unspecified atom stereocenters. The average molecular weight is 322 g/mol. The minimum Gasteiger partial charge on any atom is -0.469 e. The Balaban J connectivity index is 2.30. The first kappa shape index (κ1) is 17.2. The number of hydrogen-bond acceptors (Lipinski definition) is 6. The molecule has 7 heteroatoms. The number of nitrogens with zero attached hydrogens (tertiary/aromatic N) is 2. The molecule has 0 aromatic heterocycles. The molecule has 1 saturated heterocycles. The van der Waals surface area contributed by atoms with Gasteiger partial charge < -0.3 is 14.4 Å². The van der Waals surface area contributed by atoms with Gasteiger partial charge in [-0.15, -0.1) is 0 Å². The van der Waals surface area contributed by atoms with Gasteiger partial charge in [0.05, 0.1) is 31.7 Å². The first-order chi connectivity index (χ1) is 11.1. The quantitative estimate of drug-likeness (QED) is 0.455. The Morgan fingerprint density at radius 2 is 2.13 bits per heavy atom. The second-order valence-electron chi connectivity index (χ2n) is 5.49. The van der Waals surface area contributed by atoms with E-state index in [9.17, 15) is 14.9 Å². The van der Waals surface area contributed by atoms with Crippen molar-refractivity contribution in [3.8, 4) is 0 Å². The molecule has 2 rings (SSSR count). The van der Waals surface area contributed by atoms with Gasteiger partial charge in [-0.2, -0.15) is 0 Å². The van der Waals surface area contributed by atoms with Crippen molar-refractivity contribution in [2.24, 2.45) is 0 Å². The van der Waals surface area contributed by atoms with Gasteiger partial charge in [-0.25, -0.2) is 0 Å². The molecule has 1 fully saturated rings. The van der Waals surface area contributed by atoms with Crippen LogP contribution in [-0.4, -0.2) is 44.3 Å². The number of rotatable bonds is 6. The SMILES string of the molecule is CCC(CC(=O)OC)c1ccc(N2CCOCC2)c([N+](=O)[O-])c1. The van der Waals surface area contributed by atoms with E-state index in [1.165, 1.54) is 7.11 Å². The van der Waals surface area contributed by atoms with E-state index >= 15 is 0 Å².